The van der Waals surface area contributed by atoms with Crippen molar-refractivity contribution in [2.75, 3.05) is 0 Å². The lowest BCUT2D eigenvalue weighted by atomic mass is 10.2. The van der Waals surface area contributed by atoms with Crippen LogP contribution in [-0.2, 0) is 6.54 Å². The van der Waals surface area contributed by atoms with Gasteiger partial charge in [0, 0.05) is 30.2 Å². The molecule has 15 heavy (non-hydrogen) atoms. The molecule has 2 rings (SSSR count). The molecule has 2 aromatic heterocycles. The van der Waals surface area contributed by atoms with Gasteiger partial charge in [0.2, 0.25) is 0 Å². The van der Waals surface area contributed by atoms with Crippen LogP contribution in [0.4, 0.5) is 0 Å². The molecule has 0 aliphatic rings. The highest BCUT2D eigenvalue weighted by molar-refractivity contribution is 14.1. The van der Waals surface area contributed by atoms with E-state index in [-0.39, 0.29) is 0 Å². The van der Waals surface area contributed by atoms with Crippen LogP contribution >= 0.6 is 22.6 Å². The second-order valence-corrected chi connectivity index (χ2v) is 4.38. The van der Waals surface area contributed by atoms with Gasteiger partial charge >= 0.3 is 0 Å². The molecule has 0 radical (unpaired) electrons. The van der Waals surface area contributed by atoms with Crippen molar-refractivity contribution in [1.29, 1.82) is 0 Å². The van der Waals surface area contributed by atoms with Gasteiger partial charge in [0.25, 0.3) is 0 Å². The summed E-state index contributed by atoms with van der Waals surface area (Å²) in [6.45, 7) is 5.10. The van der Waals surface area contributed by atoms with Crippen molar-refractivity contribution < 1.29 is 0 Å². The van der Waals surface area contributed by atoms with Crippen LogP contribution < -0.4 is 0 Å². The first-order valence-corrected chi connectivity index (χ1v) is 5.95. The zero-order valence-corrected chi connectivity index (χ0v) is 10.9. The molecule has 0 saturated carbocycles. The van der Waals surface area contributed by atoms with Crippen molar-refractivity contribution in [2.24, 2.45) is 0 Å². The minimum Gasteiger partial charge on any atom is -0.268 e. The Morgan fingerprint density at radius 2 is 2.27 bits per heavy atom. The molecular formula is C11H12IN3. The summed E-state index contributed by atoms with van der Waals surface area (Å²) in [5.41, 5.74) is 3.33. The maximum absolute atomic E-state index is 4.57. The predicted octanol–water partition coefficient (Wildman–Crippen LogP) is 2.88. The van der Waals surface area contributed by atoms with Crippen molar-refractivity contribution in [1.82, 2.24) is 14.8 Å². The number of hydrogen-bond acceptors (Lipinski definition) is 2. The van der Waals surface area contributed by atoms with E-state index in [1.54, 1.807) is 6.20 Å². The number of hydrogen-bond donors (Lipinski definition) is 0. The Morgan fingerprint density at radius 1 is 1.47 bits per heavy atom. The van der Waals surface area contributed by atoms with Gasteiger partial charge in [0.1, 0.15) is 5.69 Å². The number of pyridine rings is 1. The quantitative estimate of drug-likeness (QED) is 0.798. The van der Waals surface area contributed by atoms with E-state index in [4.69, 9.17) is 0 Å². The lowest BCUT2D eigenvalue weighted by Crippen LogP contribution is -1.98. The highest BCUT2D eigenvalue weighted by atomic mass is 127. The van der Waals surface area contributed by atoms with Gasteiger partial charge in [-0.05, 0) is 48.6 Å². The summed E-state index contributed by atoms with van der Waals surface area (Å²) in [7, 11) is 0. The van der Waals surface area contributed by atoms with E-state index in [0.717, 1.165) is 17.8 Å². The lowest BCUT2D eigenvalue weighted by molar-refractivity contribution is 0.641. The van der Waals surface area contributed by atoms with Gasteiger partial charge < -0.3 is 0 Å². The second kappa shape index (κ2) is 4.30. The molecule has 0 aromatic carbocycles. The van der Waals surface area contributed by atoms with Crippen molar-refractivity contribution in [3.63, 3.8) is 0 Å². The highest BCUT2D eigenvalue weighted by Crippen LogP contribution is 2.25. The van der Waals surface area contributed by atoms with Gasteiger partial charge in [-0.15, -0.1) is 0 Å². The Bertz CT molecular complexity index is 462. The molecule has 2 aromatic rings. The summed E-state index contributed by atoms with van der Waals surface area (Å²) in [4.78, 5) is 4.11. The summed E-state index contributed by atoms with van der Waals surface area (Å²) in [5.74, 6) is 0. The first-order valence-electron chi connectivity index (χ1n) is 4.87. The molecule has 0 fully saturated rings. The van der Waals surface area contributed by atoms with E-state index in [1.807, 2.05) is 23.0 Å². The van der Waals surface area contributed by atoms with E-state index < -0.39 is 0 Å². The topological polar surface area (TPSA) is 30.7 Å². The smallest absolute Gasteiger partial charge is 0.107 e. The fourth-order valence-corrected chi connectivity index (χ4v) is 2.22. The van der Waals surface area contributed by atoms with Crippen LogP contribution in [-0.4, -0.2) is 14.8 Å². The van der Waals surface area contributed by atoms with Crippen molar-refractivity contribution >= 4 is 22.6 Å². The van der Waals surface area contributed by atoms with Crippen LogP contribution in [0.5, 0.6) is 0 Å². The van der Waals surface area contributed by atoms with E-state index in [0.29, 0.717) is 0 Å². The summed E-state index contributed by atoms with van der Waals surface area (Å²) >= 11 is 2.34. The van der Waals surface area contributed by atoms with Crippen LogP contribution in [0, 0.1) is 10.5 Å². The van der Waals surface area contributed by atoms with Gasteiger partial charge in [-0.2, -0.15) is 5.10 Å². The third-order valence-electron chi connectivity index (χ3n) is 2.37. The second-order valence-electron chi connectivity index (χ2n) is 3.31. The normalized spacial score (nSPS) is 10.6. The first kappa shape index (κ1) is 10.6. The number of rotatable bonds is 2. The van der Waals surface area contributed by atoms with Gasteiger partial charge in [-0.25, -0.2) is 0 Å². The van der Waals surface area contributed by atoms with Crippen molar-refractivity contribution in [3.8, 4) is 11.3 Å². The Balaban J connectivity index is 2.55. The predicted molar refractivity (Wildman–Crippen MR) is 68.6 cm³/mol. The first-order chi connectivity index (χ1) is 7.24. The molecule has 0 amide bonds. The molecule has 78 valence electrons. The Hall–Kier alpha value is -0.910. The Morgan fingerprint density at radius 3 is 2.80 bits per heavy atom. The van der Waals surface area contributed by atoms with Gasteiger partial charge in [0.15, 0.2) is 0 Å². The summed E-state index contributed by atoms with van der Waals surface area (Å²) in [5, 5.41) is 4.57. The zero-order chi connectivity index (χ0) is 10.8. The summed E-state index contributed by atoms with van der Waals surface area (Å²) < 4.78 is 3.23. The minimum atomic E-state index is 0.905. The standard InChI is InChI=1S/C11H12IN3/c1-3-15-8(2)10(12)11(14-15)9-5-4-6-13-7-9/h4-7H,3H2,1-2H3. The third-order valence-corrected chi connectivity index (χ3v) is 3.66. The molecule has 0 aliphatic carbocycles. The maximum Gasteiger partial charge on any atom is 0.107 e. The molecule has 3 nitrogen and oxygen atoms in total. The largest absolute Gasteiger partial charge is 0.268 e. The fraction of sp³-hybridized carbons (Fsp3) is 0.273. The highest BCUT2D eigenvalue weighted by Gasteiger charge is 2.12. The molecule has 4 heteroatoms. The molecule has 0 aliphatic heterocycles. The minimum absolute atomic E-state index is 0.905. The van der Waals surface area contributed by atoms with Crippen LogP contribution in [0.3, 0.4) is 0 Å². The maximum atomic E-state index is 4.57. The third kappa shape index (κ3) is 1.90. The fourth-order valence-electron chi connectivity index (χ4n) is 1.52. The molecule has 0 spiro atoms. The average molecular weight is 313 g/mol. The lowest BCUT2D eigenvalue weighted by Gasteiger charge is -1.96. The van der Waals surface area contributed by atoms with E-state index in [2.05, 4.69) is 46.5 Å². The number of aromatic nitrogens is 3. The molecule has 2 heterocycles. The zero-order valence-electron chi connectivity index (χ0n) is 8.74. The van der Waals surface area contributed by atoms with E-state index >= 15 is 0 Å². The molecule has 0 N–H and O–H groups in total. The van der Waals surface area contributed by atoms with Crippen molar-refractivity contribution in [3.05, 3.63) is 33.8 Å². The molecule has 0 unspecified atom stereocenters. The van der Waals surface area contributed by atoms with Crippen LogP contribution in [0.25, 0.3) is 11.3 Å². The average Bonchev–Trinajstić information content (AvgIpc) is 2.57. The number of nitrogens with zero attached hydrogens (tertiary/aromatic N) is 3. The summed E-state index contributed by atoms with van der Waals surface area (Å²) in [6, 6.07) is 3.97. The van der Waals surface area contributed by atoms with Gasteiger partial charge in [-0.1, -0.05) is 0 Å². The number of halogens is 1. The molecule has 0 bridgehead atoms. The molecule has 0 saturated heterocycles. The van der Waals surface area contributed by atoms with Crippen LogP contribution in [0.1, 0.15) is 12.6 Å². The van der Waals surface area contributed by atoms with E-state index in [1.165, 1.54) is 9.26 Å². The monoisotopic (exact) mass is 313 g/mol. The van der Waals surface area contributed by atoms with Gasteiger partial charge in [-0.3, -0.25) is 9.67 Å². The Labute approximate surface area is 103 Å². The van der Waals surface area contributed by atoms with Gasteiger partial charge in [0.05, 0.1) is 3.57 Å². The SMILES string of the molecule is CCn1nc(-c2cccnc2)c(I)c1C. The van der Waals surface area contributed by atoms with Crippen LogP contribution in [0.15, 0.2) is 24.5 Å². The molecule has 0 atom stereocenters. The van der Waals surface area contributed by atoms with Crippen LogP contribution in [0.2, 0.25) is 0 Å². The van der Waals surface area contributed by atoms with Crippen molar-refractivity contribution in [2.45, 2.75) is 20.4 Å². The summed E-state index contributed by atoms with van der Waals surface area (Å²) in [6.07, 6.45) is 3.63. The van der Waals surface area contributed by atoms with E-state index in [9.17, 15) is 0 Å². The molecular weight excluding hydrogens is 301 g/mol. The Kier molecular flexibility index (Phi) is 3.04. The number of aryl methyl sites for hydroxylation is 1.